The fourth-order valence-corrected chi connectivity index (χ4v) is 18.0. The van der Waals surface area contributed by atoms with Gasteiger partial charge in [0, 0.05) is 135 Å². The van der Waals surface area contributed by atoms with Gasteiger partial charge in [0.25, 0.3) is 23.6 Å². The van der Waals surface area contributed by atoms with E-state index in [0.29, 0.717) is 174 Å². The van der Waals surface area contributed by atoms with Crippen molar-refractivity contribution in [2.75, 3.05) is 77.9 Å². The molecule has 676 valence electrons. The Morgan fingerprint density at radius 2 is 0.700 bits per heavy atom. The third-order valence-corrected chi connectivity index (χ3v) is 24.9. The molecule has 0 spiro atoms. The molecule has 8 heterocycles. The van der Waals surface area contributed by atoms with Crippen LogP contribution in [0.3, 0.4) is 0 Å². The van der Waals surface area contributed by atoms with Crippen molar-refractivity contribution in [2.24, 2.45) is 20.0 Å². The largest absolute Gasteiger partial charge is 0.494 e. The molecule has 0 saturated carbocycles. The molecule has 0 radical (unpaired) electrons. The number of amides is 6. The maximum atomic E-state index is 14.0. The van der Waals surface area contributed by atoms with E-state index in [1.165, 1.54) is 0 Å². The van der Waals surface area contributed by atoms with Crippen molar-refractivity contribution in [2.45, 2.75) is 158 Å². The molecule has 27 heteroatoms. The molecular weight excluding hydrogens is 1700 g/mol. The highest BCUT2D eigenvalue weighted by Gasteiger charge is 2.41. The van der Waals surface area contributed by atoms with Crippen LogP contribution in [0.15, 0.2) is 202 Å². The van der Waals surface area contributed by atoms with E-state index in [2.05, 4.69) is 35.4 Å². The van der Waals surface area contributed by atoms with Crippen LogP contribution in [0.2, 0.25) is 0 Å². The molecule has 0 saturated heterocycles. The molecule has 2 N–H and O–H groups in total. The van der Waals surface area contributed by atoms with Crippen molar-refractivity contribution < 1.29 is 66.7 Å². The van der Waals surface area contributed by atoms with Gasteiger partial charge in [-0.05, 0) is 186 Å². The van der Waals surface area contributed by atoms with Crippen LogP contribution in [0.4, 0.5) is 45.5 Å². The molecular formula is C103H112N10O14S3. The lowest BCUT2D eigenvalue weighted by atomic mass is 10.1. The fourth-order valence-electron chi connectivity index (χ4n) is 17.2. The molecule has 10 aromatic carbocycles. The van der Waals surface area contributed by atoms with Gasteiger partial charge in [-0.15, -0.1) is 9.45 Å². The average molecular weight is 1810 g/mol. The van der Waals surface area contributed by atoms with Crippen LogP contribution in [0.5, 0.6) is 46.0 Å². The van der Waals surface area contributed by atoms with E-state index in [9.17, 15) is 28.8 Å². The smallest absolute Gasteiger partial charge is 0.261 e. The topological polar surface area (TPSA) is 263 Å². The number of aryl methyl sites for hydroxylation is 2. The second-order valence-electron chi connectivity index (χ2n) is 32.2. The zero-order chi connectivity index (χ0) is 87.1. The number of hydrogen-bond acceptors (Lipinski definition) is 20. The van der Waals surface area contributed by atoms with Gasteiger partial charge in [-0.2, -0.15) is 12.6 Å². The number of nitrogens with one attached hydrogen (secondary N) is 2. The number of methoxy groups -OCH3 is 2. The van der Waals surface area contributed by atoms with Crippen molar-refractivity contribution in [1.82, 2.24) is 10.6 Å². The number of carbonyl (C=O) groups excluding carboxylic acids is 6. The molecule has 130 heavy (non-hydrogen) atoms. The molecule has 18 rings (SSSR count). The first-order chi connectivity index (χ1) is 61.4. The Morgan fingerprint density at radius 1 is 0.400 bits per heavy atom. The summed E-state index contributed by atoms with van der Waals surface area (Å²) in [6, 6.07) is 57.3. The number of carbonyl (C=O) groups is 6. The van der Waals surface area contributed by atoms with Crippen LogP contribution in [-0.4, -0.2) is 143 Å². The number of nitrogens with zero attached hydrogens (tertiary/aromatic N) is 8. The van der Waals surface area contributed by atoms with Gasteiger partial charge in [-0.3, -0.25) is 68.3 Å². The van der Waals surface area contributed by atoms with E-state index in [1.807, 2.05) is 200 Å². The second-order valence-corrected chi connectivity index (χ2v) is 35.9. The Bertz CT molecular complexity index is 6090. The molecule has 0 aromatic heterocycles. The summed E-state index contributed by atoms with van der Waals surface area (Å²) in [4.78, 5) is 107. The standard InChI is InChI=1S/C50H49N5O7S2.C49H47N5O7S.4CH4/c1-31-18-39-41(52-27-36-22-34-10-4-6-12-43(34)54(36)49(39)57)25-45(31)61-29-32-19-33(21-38(20-32)60-16-9-8-14-48(56)51-15-17-64(3)63)30-62-47-26-42-40(24-46(47)59-2)50(58)55-37(28-53-42)23-35-11-5-7-13-44(35)55;1-30-17-38-40(51-26-35-21-33-9-3-5-11-42(33)53(35)48(38)56)24-44(30)60-28-31-18-32(20-37(19-31)59-15-8-7-13-47(55)50-14-16-62)29-61-46-25-41-39(23-45(46)58-2)49(57)54-36(27-52-41)22-34-10-4-6-12-43(34)54;;;;/h4-7,10-13,18-21,24-28,36-37H,8-9,14-17,22-23,29-30H2,1-3H3,(H,51,56);3-6,9-12,17-20,23-27,35-36,62H,7-8,13-16,21-22,28-29H2,1-2H3,(H,50,55);4*1H4/t36-,37-,64?;35-,36-;;;;/m00..../s1. The van der Waals surface area contributed by atoms with Gasteiger partial charge in [0.15, 0.2) is 23.0 Å². The summed E-state index contributed by atoms with van der Waals surface area (Å²) in [5, 5.41) is 5.79. The minimum Gasteiger partial charge on any atom is -0.494 e. The summed E-state index contributed by atoms with van der Waals surface area (Å²) >= 11 is 9.38. The minimum atomic E-state index is -0.180. The number of para-hydroxylation sites is 4. The number of aliphatic imine (C=N–C) groups is 4. The van der Waals surface area contributed by atoms with E-state index in [-0.39, 0.29) is 125 Å². The van der Waals surface area contributed by atoms with Crippen LogP contribution < -0.4 is 68.1 Å². The first kappa shape index (κ1) is 94.6. The highest BCUT2D eigenvalue weighted by Crippen LogP contribution is 2.46. The third kappa shape index (κ3) is 20.7. The van der Waals surface area contributed by atoms with Crippen LogP contribution in [0.1, 0.15) is 165 Å². The monoisotopic (exact) mass is 1810 g/mol. The summed E-state index contributed by atoms with van der Waals surface area (Å²) in [5.41, 5.74) is 17.2. The number of fused-ring (bicyclic) bond motifs is 16. The number of ether oxygens (including phenoxy) is 8. The predicted molar refractivity (Wildman–Crippen MR) is 525 cm³/mol. The lowest BCUT2D eigenvalue weighted by Crippen LogP contribution is -2.37. The Kier molecular flexibility index (Phi) is 30.9. The van der Waals surface area contributed by atoms with Crippen LogP contribution >= 0.6 is 12.6 Å². The number of unbranched alkanes of at least 4 members (excludes halogenated alkanes) is 2. The van der Waals surface area contributed by atoms with E-state index in [0.717, 1.165) is 97.0 Å². The van der Waals surface area contributed by atoms with Gasteiger partial charge in [-0.1, -0.05) is 114 Å². The maximum absolute atomic E-state index is 14.0. The Morgan fingerprint density at radius 3 is 1.02 bits per heavy atom. The summed E-state index contributed by atoms with van der Waals surface area (Å²) in [7, 11) is 2.97. The van der Waals surface area contributed by atoms with Crippen molar-refractivity contribution in [3.05, 3.63) is 260 Å². The lowest BCUT2D eigenvalue weighted by Gasteiger charge is -2.22. The molecule has 8 aliphatic rings. The molecule has 0 bridgehead atoms. The fraction of sp³-hybridized carbons (Fsp3) is 0.320. The highest BCUT2D eigenvalue weighted by atomic mass is 32.8. The van der Waals surface area contributed by atoms with Gasteiger partial charge in [-0.25, -0.2) is 0 Å². The summed E-state index contributed by atoms with van der Waals surface area (Å²) in [5.74, 6) is 5.17. The number of anilines is 4. The third-order valence-electron chi connectivity index (χ3n) is 23.4. The van der Waals surface area contributed by atoms with E-state index < -0.39 is 0 Å². The predicted octanol–water partition coefficient (Wildman–Crippen LogP) is 19.0. The lowest BCUT2D eigenvalue weighted by molar-refractivity contribution is -0.121. The minimum absolute atomic E-state index is 0. The molecule has 6 amide bonds. The van der Waals surface area contributed by atoms with Gasteiger partial charge < -0.3 is 48.5 Å². The van der Waals surface area contributed by atoms with Crippen LogP contribution in [0.25, 0.3) is 0 Å². The summed E-state index contributed by atoms with van der Waals surface area (Å²) in [6.07, 6.45) is 15.8. The molecule has 0 fully saturated rings. The first-order valence-corrected chi connectivity index (χ1v) is 45.8. The van der Waals surface area contributed by atoms with E-state index >= 15 is 0 Å². The summed E-state index contributed by atoms with van der Waals surface area (Å²) in [6.45, 7) is 6.53. The SMILES string of the molecule is C.C.C.C.COc1cc2c(cc1OCc1cc(COc3cc4c(cc3C)C(=O)N3c5ccccc5C[C@H]3C=N4)cc(OCCCCC(=O)NCCS(C)=S)c1)N=C[C@@H]1Cc3ccccc3N1C2=O.COc1cc2c(cc1OCc1cc(COc3cc4c(cc3C)C(=O)N3c5ccccc5C[C@H]3C=N4)cc(OCCCCC(=O)NCCS)c1)N=C[C@@H]1Cc3ccccc3N1C2=O. The average Bonchev–Trinajstić information content (AvgIpc) is 1.63. The normalized spacial score (nSPS) is 16.3. The summed E-state index contributed by atoms with van der Waals surface area (Å²) < 4.78 is 49.8. The molecule has 10 aromatic rings. The molecule has 5 atom stereocenters. The van der Waals surface area contributed by atoms with Gasteiger partial charge in [0.2, 0.25) is 11.8 Å². The number of thiol groups is 1. The Labute approximate surface area is 773 Å². The van der Waals surface area contributed by atoms with E-state index in [1.54, 1.807) is 48.3 Å². The Hall–Kier alpha value is -13.0. The van der Waals surface area contributed by atoms with Crippen molar-refractivity contribution in [3.8, 4) is 46.0 Å². The first-order valence-electron chi connectivity index (χ1n) is 42.4. The van der Waals surface area contributed by atoms with Crippen molar-refractivity contribution in [1.29, 1.82) is 0 Å². The van der Waals surface area contributed by atoms with Crippen LogP contribution in [0, 0.1) is 13.8 Å². The number of rotatable bonds is 31. The number of benzene rings is 10. The second kappa shape index (κ2) is 42.5. The number of hydrogen-bond donors (Lipinski definition) is 3. The highest BCUT2D eigenvalue weighted by molar-refractivity contribution is 8.28. The molecule has 1 unspecified atom stereocenters. The van der Waals surface area contributed by atoms with Gasteiger partial charge in [0.1, 0.15) is 49.4 Å². The molecule has 24 nitrogen and oxygen atoms in total. The quantitative estimate of drug-likeness (QED) is 0.0269. The van der Waals surface area contributed by atoms with Crippen molar-refractivity contribution in [3.63, 3.8) is 0 Å². The van der Waals surface area contributed by atoms with Crippen LogP contribution in [-0.2, 0) is 82.3 Å². The zero-order valence-corrected chi connectivity index (χ0v) is 73.2. The molecule has 0 aliphatic carbocycles. The zero-order valence-electron chi connectivity index (χ0n) is 70.6. The molecule has 8 aliphatic heterocycles. The van der Waals surface area contributed by atoms with Gasteiger partial charge in [0.05, 0.1) is 96.6 Å². The maximum Gasteiger partial charge on any atom is 0.261 e. The Balaban J connectivity index is 0.000000215. The van der Waals surface area contributed by atoms with Gasteiger partial charge >= 0.3 is 0 Å². The van der Waals surface area contributed by atoms with E-state index in [4.69, 9.17) is 69.1 Å². The van der Waals surface area contributed by atoms with Crippen molar-refractivity contribution >= 4 is 139 Å².